The van der Waals surface area contributed by atoms with Crippen LogP contribution in [0, 0.1) is 0 Å². The summed E-state index contributed by atoms with van der Waals surface area (Å²) >= 11 is 1.84. The second-order valence-corrected chi connectivity index (χ2v) is 14.8. The predicted octanol–water partition coefficient (Wildman–Crippen LogP) is 12.1. The Bertz CT molecular complexity index is 2800. The van der Waals surface area contributed by atoms with E-state index in [-0.39, 0.29) is 0 Å². The van der Waals surface area contributed by atoms with Crippen molar-refractivity contribution in [2.75, 3.05) is 0 Å². The summed E-state index contributed by atoms with van der Waals surface area (Å²) in [5, 5.41) is 2.59. The largest absolute Gasteiger partial charge is 0.228 e. The zero-order valence-electron chi connectivity index (χ0n) is 27.7. The van der Waals surface area contributed by atoms with Gasteiger partial charge in [-0.2, -0.15) is 0 Å². The van der Waals surface area contributed by atoms with Crippen LogP contribution in [0.25, 0.3) is 65.2 Å². The molecule has 11 rings (SSSR count). The van der Waals surface area contributed by atoms with E-state index in [1.54, 1.807) is 0 Å². The maximum absolute atomic E-state index is 5.28. The maximum Gasteiger partial charge on any atom is 0.160 e. The van der Waals surface area contributed by atoms with Crippen LogP contribution in [0.5, 0.6) is 0 Å². The number of hydrogen-bond acceptors (Lipinski definition) is 3. The molecule has 0 atom stereocenters. The van der Waals surface area contributed by atoms with Gasteiger partial charge in [0.05, 0.1) is 16.8 Å². The standard InChI is InChI=1S/C48H30N2S/c1-2-12-30(13-3-1)47-49-43(29-44(50-47)34-24-25-38-37-17-7-11-21-45(37)51-46(38)28-34)33-23-22-32-26-31-14-4-8-18-39(31)48(42(32)27-33)40-19-9-5-15-35(40)36-16-6-10-20-41(36)48/h1-25,27-29H,26H2. The molecule has 2 nitrogen and oxygen atoms in total. The van der Waals surface area contributed by atoms with Crippen molar-refractivity contribution in [3.05, 3.63) is 203 Å². The number of nitrogens with zero attached hydrogens (tertiary/aromatic N) is 2. The Labute approximate surface area is 300 Å². The molecule has 1 spiro atoms. The van der Waals surface area contributed by atoms with E-state index in [9.17, 15) is 0 Å². The average molecular weight is 667 g/mol. The molecule has 0 fully saturated rings. The van der Waals surface area contributed by atoms with Gasteiger partial charge in [0.15, 0.2) is 5.82 Å². The topological polar surface area (TPSA) is 25.8 Å². The summed E-state index contributed by atoms with van der Waals surface area (Å²) in [4.78, 5) is 10.5. The van der Waals surface area contributed by atoms with Crippen LogP contribution in [0.4, 0.5) is 0 Å². The van der Waals surface area contributed by atoms with E-state index in [1.165, 1.54) is 64.7 Å². The van der Waals surface area contributed by atoms with Crippen LogP contribution < -0.4 is 0 Å². The molecular formula is C48H30N2S. The highest BCUT2D eigenvalue weighted by Gasteiger charge is 2.49. The molecular weight excluding hydrogens is 637 g/mol. The fraction of sp³-hybridized carbons (Fsp3) is 0.0417. The lowest BCUT2D eigenvalue weighted by Gasteiger charge is -2.40. The first kappa shape index (κ1) is 28.7. The molecule has 0 bridgehead atoms. The first-order chi connectivity index (χ1) is 25.3. The summed E-state index contributed by atoms with van der Waals surface area (Å²) in [6.45, 7) is 0. The third-order valence-electron chi connectivity index (χ3n) is 11.0. The highest BCUT2D eigenvalue weighted by atomic mass is 32.1. The van der Waals surface area contributed by atoms with Gasteiger partial charge in [-0.25, -0.2) is 9.97 Å². The quantitative estimate of drug-likeness (QED) is 0.188. The van der Waals surface area contributed by atoms with E-state index in [0.717, 1.165) is 40.3 Å². The van der Waals surface area contributed by atoms with Crippen molar-refractivity contribution >= 4 is 31.5 Å². The Balaban J connectivity index is 1.15. The fourth-order valence-electron chi connectivity index (χ4n) is 8.79. The van der Waals surface area contributed by atoms with Crippen LogP contribution in [0.3, 0.4) is 0 Å². The Morgan fingerprint density at radius 3 is 1.78 bits per heavy atom. The Hall–Kier alpha value is -6.16. The predicted molar refractivity (Wildman–Crippen MR) is 211 cm³/mol. The van der Waals surface area contributed by atoms with Crippen molar-refractivity contribution in [2.24, 2.45) is 0 Å². The zero-order valence-corrected chi connectivity index (χ0v) is 28.5. The number of aromatic nitrogens is 2. The molecule has 0 unspecified atom stereocenters. The smallest absolute Gasteiger partial charge is 0.160 e. The van der Waals surface area contributed by atoms with Crippen molar-refractivity contribution < 1.29 is 0 Å². The van der Waals surface area contributed by atoms with Crippen molar-refractivity contribution in [1.29, 1.82) is 0 Å². The Kier molecular flexibility index (Phi) is 6.14. The summed E-state index contributed by atoms with van der Waals surface area (Å²) in [5.41, 5.74) is 15.4. The lowest BCUT2D eigenvalue weighted by atomic mass is 9.61. The molecule has 238 valence electrons. The lowest BCUT2D eigenvalue weighted by Crippen LogP contribution is -2.34. The number of thiophene rings is 1. The van der Waals surface area contributed by atoms with E-state index >= 15 is 0 Å². The second kappa shape index (κ2) is 10.9. The molecule has 0 aliphatic heterocycles. The van der Waals surface area contributed by atoms with E-state index < -0.39 is 5.41 Å². The molecule has 0 saturated carbocycles. The molecule has 2 aliphatic rings. The number of hydrogen-bond donors (Lipinski definition) is 0. The molecule has 0 radical (unpaired) electrons. The van der Waals surface area contributed by atoms with E-state index in [4.69, 9.17) is 9.97 Å². The van der Waals surface area contributed by atoms with Crippen molar-refractivity contribution in [1.82, 2.24) is 9.97 Å². The summed E-state index contributed by atoms with van der Waals surface area (Å²) in [6, 6.07) is 62.1. The highest BCUT2D eigenvalue weighted by Crippen LogP contribution is 2.59. The van der Waals surface area contributed by atoms with Crippen molar-refractivity contribution in [2.45, 2.75) is 11.8 Å². The van der Waals surface area contributed by atoms with Gasteiger partial charge in [0, 0.05) is 36.9 Å². The van der Waals surface area contributed by atoms with E-state index in [1.807, 2.05) is 17.4 Å². The van der Waals surface area contributed by atoms with Gasteiger partial charge in [0.2, 0.25) is 0 Å². The molecule has 0 saturated heterocycles. The molecule has 7 aromatic carbocycles. The van der Waals surface area contributed by atoms with Gasteiger partial charge in [-0.3, -0.25) is 0 Å². The fourth-order valence-corrected chi connectivity index (χ4v) is 9.93. The van der Waals surface area contributed by atoms with Gasteiger partial charge >= 0.3 is 0 Å². The SMILES string of the molecule is c1ccc(-c2nc(-c3ccc4c(c3)C3(c5ccccc5C4)c4ccccc4-c4ccccc43)cc(-c3ccc4c(c3)sc3ccccc34)n2)cc1. The average Bonchev–Trinajstić information content (AvgIpc) is 3.72. The van der Waals surface area contributed by atoms with Crippen LogP contribution in [0.1, 0.15) is 33.4 Å². The lowest BCUT2D eigenvalue weighted by molar-refractivity contribution is 0.722. The third-order valence-corrected chi connectivity index (χ3v) is 12.1. The van der Waals surface area contributed by atoms with Crippen molar-refractivity contribution in [3.8, 4) is 45.0 Å². The summed E-state index contributed by atoms with van der Waals surface area (Å²) in [6.07, 6.45) is 0.900. The van der Waals surface area contributed by atoms with Crippen molar-refractivity contribution in [3.63, 3.8) is 0 Å². The van der Waals surface area contributed by atoms with Gasteiger partial charge in [-0.1, -0.05) is 146 Å². The first-order valence-electron chi connectivity index (χ1n) is 17.5. The normalized spacial score (nSPS) is 13.6. The van der Waals surface area contributed by atoms with E-state index in [0.29, 0.717) is 0 Å². The number of rotatable bonds is 3. The van der Waals surface area contributed by atoms with Crippen LogP contribution in [0.15, 0.2) is 170 Å². The van der Waals surface area contributed by atoms with Crippen LogP contribution >= 0.6 is 11.3 Å². The van der Waals surface area contributed by atoms with E-state index in [2.05, 4.69) is 164 Å². The maximum atomic E-state index is 5.28. The third kappa shape index (κ3) is 4.16. The van der Waals surface area contributed by atoms with Crippen LogP contribution in [-0.4, -0.2) is 9.97 Å². The van der Waals surface area contributed by atoms with Gasteiger partial charge < -0.3 is 0 Å². The number of benzene rings is 7. The molecule has 9 aromatic rings. The zero-order chi connectivity index (χ0) is 33.5. The van der Waals surface area contributed by atoms with Crippen LogP contribution in [-0.2, 0) is 11.8 Å². The molecule has 51 heavy (non-hydrogen) atoms. The van der Waals surface area contributed by atoms with Gasteiger partial charge in [0.25, 0.3) is 0 Å². The molecule has 2 heterocycles. The molecule has 2 aliphatic carbocycles. The minimum Gasteiger partial charge on any atom is -0.228 e. The molecule has 3 heteroatoms. The minimum absolute atomic E-state index is 0.419. The van der Waals surface area contributed by atoms with Gasteiger partial charge in [-0.15, -0.1) is 11.3 Å². The molecule has 2 aromatic heterocycles. The van der Waals surface area contributed by atoms with Gasteiger partial charge in [0.1, 0.15) is 0 Å². The number of fused-ring (bicyclic) bond motifs is 12. The first-order valence-corrected chi connectivity index (χ1v) is 18.3. The highest BCUT2D eigenvalue weighted by molar-refractivity contribution is 7.25. The summed E-state index contributed by atoms with van der Waals surface area (Å²) in [5.74, 6) is 0.730. The molecule has 0 N–H and O–H groups in total. The second-order valence-electron chi connectivity index (χ2n) is 13.7. The van der Waals surface area contributed by atoms with Gasteiger partial charge in [-0.05, 0) is 75.2 Å². The monoisotopic (exact) mass is 666 g/mol. The molecule has 0 amide bonds. The summed E-state index contributed by atoms with van der Waals surface area (Å²) in [7, 11) is 0. The van der Waals surface area contributed by atoms with Crippen LogP contribution in [0.2, 0.25) is 0 Å². The minimum atomic E-state index is -0.419. The Morgan fingerprint density at radius 2 is 1.00 bits per heavy atom. The Morgan fingerprint density at radius 1 is 0.412 bits per heavy atom. The summed E-state index contributed by atoms with van der Waals surface area (Å²) < 4.78 is 2.57.